The lowest BCUT2D eigenvalue weighted by atomic mass is 9.89. The van der Waals surface area contributed by atoms with Crippen molar-refractivity contribution in [2.24, 2.45) is 10.9 Å². The Morgan fingerprint density at radius 1 is 1.31 bits per heavy atom. The molecule has 7 heteroatoms. The van der Waals surface area contributed by atoms with E-state index in [0.29, 0.717) is 5.56 Å². The van der Waals surface area contributed by atoms with E-state index in [9.17, 15) is 9.59 Å². The third-order valence-electron chi connectivity index (χ3n) is 4.78. The number of hydrogen-bond acceptors (Lipinski definition) is 5. The molecule has 1 aromatic heterocycles. The molecule has 1 heterocycles. The molecule has 1 amide bonds. The largest absolute Gasteiger partial charge is 0.465 e. The van der Waals surface area contributed by atoms with Crippen molar-refractivity contribution >= 4 is 45.2 Å². The smallest absolute Gasteiger partial charge is 0.337 e. The molecule has 0 atom stereocenters. The lowest BCUT2D eigenvalue weighted by molar-refractivity contribution is -0.122. The predicted molar refractivity (Wildman–Crippen MR) is 107 cm³/mol. The third kappa shape index (κ3) is 4.20. The molecule has 0 spiro atoms. The van der Waals surface area contributed by atoms with Crippen LogP contribution >= 0.6 is 23.1 Å². The van der Waals surface area contributed by atoms with Crippen molar-refractivity contribution in [3.63, 3.8) is 0 Å². The van der Waals surface area contributed by atoms with Gasteiger partial charge in [-0.3, -0.25) is 4.79 Å². The van der Waals surface area contributed by atoms with Gasteiger partial charge in [0.05, 0.1) is 22.9 Å². The molecule has 2 aromatic rings. The Balaban J connectivity index is 2.02. The third-order valence-corrected chi connectivity index (χ3v) is 6.42. The molecule has 1 fully saturated rings. The molecule has 0 N–H and O–H groups in total. The second-order valence-corrected chi connectivity index (χ2v) is 8.48. The van der Waals surface area contributed by atoms with E-state index < -0.39 is 0 Å². The molecule has 1 aliphatic rings. The minimum atomic E-state index is -0.354. The number of nitrogens with zero attached hydrogens (tertiary/aromatic N) is 2. The van der Waals surface area contributed by atoms with Crippen LogP contribution in [0.1, 0.15) is 42.5 Å². The molecule has 1 aromatic carbocycles. The van der Waals surface area contributed by atoms with Crippen LogP contribution in [0.25, 0.3) is 10.2 Å². The van der Waals surface area contributed by atoms with E-state index in [-0.39, 0.29) is 17.8 Å². The average molecular weight is 393 g/mol. The van der Waals surface area contributed by atoms with Crippen LogP contribution in [0.4, 0.5) is 0 Å². The molecule has 26 heavy (non-hydrogen) atoms. The van der Waals surface area contributed by atoms with Gasteiger partial charge < -0.3 is 9.30 Å². The molecule has 0 aliphatic heterocycles. The van der Waals surface area contributed by atoms with Gasteiger partial charge in [0.1, 0.15) is 0 Å². The highest BCUT2D eigenvalue weighted by molar-refractivity contribution is 7.98. The van der Waals surface area contributed by atoms with Crippen LogP contribution in [-0.4, -0.2) is 35.6 Å². The summed E-state index contributed by atoms with van der Waals surface area (Å²) in [6.45, 7) is 0.787. The first-order valence-electron chi connectivity index (χ1n) is 8.93. The number of benzene rings is 1. The number of aryl methyl sites for hydroxylation is 1. The van der Waals surface area contributed by atoms with Crippen molar-refractivity contribution in [1.82, 2.24) is 4.57 Å². The van der Waals surface area contributed by atoms with E-state index in [4.69, 9.17) is 4.74 Å². The first kappa shape index (κ1) is 19.2. The molecule has 0 saturated heterocycles. The van der Waals surface area contributed by atoms with Gasteiger partial charge in [0.2, 0.25) is 0 Å². The van der Waals surface area contributed by atoms with Crippen molar-refractivity contribution in [2.45, 2.75) is 38.6 Å². The Hall–Kier alpha value is -1.60. The lowest BCUT2D eigenvalue weighted by Crippen LogP contribution is -2.22. The fourth-order valence-corrected chi connectivity index (χ4v) is 4.80. The van der Waals surface area contributed by atoms with Crippen molar-refractivity contribution in [2.75, 3.05) is 19.1 Å². The molecule has 1 saturated carbocycles. The van der Waals surface area contributed by atoms with E-state index in [2.05, 4.69) is 15.8 Å². The van der Waals surface area contributed by atoms with Crippen LogP contribution in [0.3, 0.4) is 0 Å². The average Bonchev–Trinajstić information content (AvgIpc) is 3.02. The van der Waals surface area contributed by atoms with Gasteiger partial charge >= 0.3 is 5.97 Å². The summed E-state index contributed by atoms with van der Waals surface area (Å²) in [4.78, 5) is 29.7. The fraction of sp³-hybridized carbons (Fsp3) is 0.526. The van der Waals surface area contributed by atoms with Crippen molar-refractivity contribution in [3.8, 4) is 0 Å². The topological polar surface area (TPSA) is 60.7 Å². The van der Waals surface area contributed by atoms with Gasteiger partial charge in [0, 0.05) is 18.2 Å². The first-order chi connectivity index (χ1) is 12.6. The fourth-order valence-electron chi connectivity index (χ4n) is 3.34. The SMILES string of the molecule is COC(=O)c1ccc2c(c1)sc(=NC(=O)C1CCCCC1)n2CCSC. The number of carbonyl (C=O) groups excluding carboxylic acids is 2. The molecule has 1 aliphatic carbocycles. The minimum absolute atomic E-state index is 0.00218. The second kappa shape index (κ2) is 8.86. The highest BCUT2D eigenvalue weighted by Crippen LogP contribution is 2.25. The maximum absolute atomic E-state index is 12.6. The van der Waals surface area contributed by atoms with Gasteiger partial charge in [0.15, 0.2) is 4.80 Å². The first-order valence-corrected chi connectivity index (χ1v) is 11.1. The normalized spacial score (nSPS) is 16.2. The number of rotatable bonds is 5. The maximum Gasteiger partial charge on any atom is 0.337 e. The van der Waals surface area contributed by atoms with Gasteiger partial charge in [-0.15, -0.1) is 0 Å². The Morgan fingerprint density at radius 3 is 2.77 bits per heavy atom. The van der Waals surface area contributed by atoms with Gasteiger partial charge in [-0.2, -0.15) is 16.8 Å². The monoisotopic (exact) mass is 392 g/mol. The standard InChI is InChI=1S/C19H24N2O3S2/c1-24-18(23)14-8-9-15-16(12-14)26-19(21(15)10-11-25-2)20-17(22)13-6-4-3-5-7-13/h8-9,12-13H,3-7,10-11H2,1-2H3. The Morgan fingerprint density at radius 2 is 2.08 bits per heavy atom. The van der Waals surface area contributed by atoms with Crippen LogP contribution in [0.5, 0.6) is 0 Å². The van der Waals surface area contributed by atoms with Crippen molar-refractivity contribution in [3.05, 3.63) is 28.6 Å². The number of thioether (sulfide) groups is 1. The summed E-state index contributed by atoms with van der Waals surface area (Å²) in [7, 11) is 1.38. The molecule has 0 bridgehead atoms. The summed E-state index contributed by atoms with van der Waals surface area (Å²) < 4.78 is 7.85. The quantitative estimate of drug-likeness (QED) is 0.725. The predicted octanol–water partition coefficient (Wildman–Crippen LogP) is 3.86. The highest BCUT2D eigenvalue weighted by Gasteiger charge is 2.21. The summed E-state index contributed by atoms with van der Waals surface area (Å²) >= 11 is 3.23. The summed E-state index contributed by atoms with van der Waals surface area (Å²) in [6, 6.07) is 5.51. The number of carbonyl (C=O) groups is 2. The molecular weight excluding hydrogens is 368 g/mol. The van der Waals surface area contributed by atoms with Crippen molar-refractivity contribution in [1.29, 1.82) is 0 Å². The van der Waals surface area contributed by atoms with Crippen LogP contribution in [0, 0.1) is 5.92 Å². The number of hydrogen-bond donors (Lipinski definition) is 0. The number of fused-ring (bicyclic) bond motifs is 1. The molecule has 5 nitrogen and oxygen atoms in total. The molecule has 0 radical (unpaired) electrons. The zero-order valence-electron chi connectivity index (χ0n) is 15.2. The number of thiazole rings is 1. The highest BCUT2D eigenvalue weighted by atomic mass is 32.2. The van der Waals surface area contributed by atoms with Crippen LogP contribution < -0.4 is 4.80 Å². The molecule has 3 rings (SSSR count). The second-order valence-electron chi connectivity index (χ2n) is 6.49. The zero-order chi connectivity index (χ0) is 18.5. The maximum atomic E-state index is 12.6. The van der Waals surface area contributed by atoms with Gasteiger partial charge in [-0.25, -0.2) is 4.79 Å². The van der Waals surface area contributed by atoms with Crippen LogP contribution in [0.15, 0.2) is 23.2 Å². The van der Waals surface area contributed by atoms with Crippen LogP contribution in [-0.2, 0) is 16.1 Å². The molecular formula is C19H24N2O3S2. The summed E-state index contributed by atoms with van der Waals surface area (Å²) in [5.74, 6) is 0.652. The van der Waals surface area contributed by atoms with Crippen molar-refractivity contribution < 1.29 is 14.3 Å². The summed E-state index contributed by atoms with van der Waals surface area (Å²) in [5.41, 5.74) is 1.52. The lowest BCUT2D eigenvalue weighted by Gasteiger charge is -2.17. The summed E-state index contributed by atoms with van der Waals surface area (Å²) in [5, 5.41) is 0. The van der Waals surface area contributed by atoms with Gasteiger partial charge in [0.25, 0.3) is 5.91 Å². The van der Waals surface area contributed by atoms with Gasteiger partial charge in [-0.05, 0) is 37.3 Å². The van der Waals surface area contributed by atoms with E-state index in [1.807, 2.05) is 12.1 Å². The number of methoxy groups -OCH3 is 1. The number of esters is 1. The Kier molecular flexibility index (Phi) is 6.53. The van der Waals surface area contributed by atoms with E-state index in [1.54, 1.807) is 17.8 Å². The minimum Gasteiger partial charge on any atom is -0.465 e. The Labute approximate surface area is 161 Å². The number of aromatic nitrogens is 1. The number of ether oxygens (including phenoxy) is 1. The van der Waals surface area contributed by atoms with Gasteiger partial charge in [-0.1, -0.05) is 30.6 Å². The van der Waals surface area contributed by atoms with E-state index in [0.717, 1.165) is 53.0 Å². The summed E-state index contributed by atoms with van der Waals surface area (Å²) in [6.07, 6.45) is 7.42. The zero-order valence-corrected chi connectivity index (χ0v) is 16.8. The van der Waals surface area contributed by atoms with E-state index >= 15 is 0 Å². The van der Waals surface area contributed by atoms with Crippen LogP contribution in [0.2, 0.25) is 0 Å². The molecule has 140 valence electrons. The molecule has 0 unspecified atom stereocenters. The number of amides is 1. The van der Waals surface area contributed by atoms with E-state index in [1.165, 1.54) is 24.9 Å². The Bertz CT molecular complexity index is 863.